The minimum Gasteiger partial charge on any atom is -0.469 e. The SMILES string of the molecule is COC(=O)CCCCCN(C(=O)NO)S(=O)(=O)C(C)c1ccccc1. The molecule has 0 saturated heterocycles. The quantitative estimate of drug-likeness (QED) is 0.297. The van der Waals surface area contributed by atoms with Gasteiger partial charge in [-0.05, 0) is 25.3 Å². The summed E-state index contributed by atoms with van der Waals surface area (Å²) >= 11 is 0. The van der Waals surface area contributed by atoms with Crippen LogP contribution >= 0.6 is 0 Å². The smallest absolute Gasteiger partial charge is 0.354 e. The molecule has 1 aromatic rings. The third-order valence-electron chi connectivity index (χ3n) is 3.81. The van der Waals surface area contributed by atoms with E-state index >= 15 is 0 Å². The maximum Gasteiger partial charge on any atom is 0.354 e. The number of unbranched alkanes of at least 4 members (excludes halogenated alkanes) is 2. The Kier molecular flexibility index (Phi) is 8.36. The molecule has 1 atom stereocenters. The first-order chi connectivity index (χ1) is 11.8. The summed E-state index contributed by atoms with van der Waals surface area (Å²) in [5, 5.41) is 7.92. The van der Waals surface area contributed by atoms with Crippen molar-refractivity contribution in [3.63, 3.8) is 0 Å². The summed E-state index contributed by atoms with van der Waals surface area (Å²) in [5.41, 5.74) is 1.92. The molecular weight excluding hydrogens is 348 g/mol. The summed E-state index contributed by atoms with van der Waals surface area (Å²) < 4.78 is 30.6. The summed E-state index contributed by atoms with van der Waals surface area (Å²) in [6, 6.07) is 7.41. The van der Waals surface area contributed by atoms with Crippen molar-refractivity contribution in [2.24, 2.45) is 0 Å². The summed E-state index contributed by atoms with van der Waals surface area (Å²) in [5.74, 6) is -0.338. The molecule has 0 saturated carbocycles. The van der Waals surface area contributed by atoms with Crippen molar-refractivity contribution in [2.45, 2.75) is 37.9 Å². The Balaban J connectivity index is 2.77. The second-order valence-electron chi connectivity index (χ2n) is 5.47. The summed E-state index contributed by atoms with van der Waals surface area (Å²) in [4.78, 5) is 22.9. The molecule has 0 fully saturated rings. The Morgan fingerprint density at radius 1 is 1.20 bits per heavy atom. The molecule has 8 nitrogen and oxygen atoms in total. The molecule has 0 radical (unpaired) electrons. The number of carbonyl (C=O) groups excluding carboxylic acids is 2. The van der Waals surface area contributed by atoms with Crippen LogP contribution in [-0.2, 0) is 19.6 Å². The largest absolute Gasteiger partial charge is 0.469 e. The van der Waals surface area contributed by atoms with Gasteiger partial charge in [-0.2, -0.15) is 0 Å². The average Bonchev–Trinajstić information content (AvgIpc) is 2.63. The summed E-state index contributed by atoms with van der Waals surface area (Å²) in [7, 11) is -2.71. The number of esters is 1. The van der Waals surface area contributed by atoms with Crippen molar-refractivity contribution in [3.05, 3.63) is 35.9 Å². The van der Waals surface area contributed by atoms with Gasteiger partial charge in [0.2, 0.25) is 10.0 Å². The summed E-state index contributed by atoms with van der Waals surface area (Å²) in [6.07, 6.45) is 1.66. The van der Waals surface area contributed by atoms with E-state index in [0.717, 1.165) is 0 Å². The number of ether oxygens (including phenoxy) is 1. The lowest BCUT2D eigenvalue weighted by atomic mass is 10.2. The Bertz CT molecular complexity index is 662. The molecule has 0 bridgehead atoms. The Labute approximate surface area is 147 Å². The predicted octanol–water partition coefficient (Wildman–Crippen LogP) is 2.21. The first-order valence-electron chi connectivity index (χ1n) is 7.92. The van der Waals surface area contributed by atoms with Crippen LogP contribution in [0.5, 0.6) is 0 Å². The van der Waals surface area contributed by atoms with Crippen LogP contribution in [0, 0.1) is 0 Å². The van der Waals surface area contributed by atoms with Gasteiger partial charge < -0.3 is 4.74 Å². The van der Waals surface area contributed by atoms with Crippen molar-refractivity contribution in [3.8, 4) is 0 Å². The van der Waals surface area contributed by atoms with Crippen molar-refractivity contribution in [2.75, 3.05) is 13.7 Å². The maximum atomic E-state index is 12.7. The van der Waals surface area contributed by atoms with E-state index in [-0.39, 0.29) is 18.9 Å². The highest BCUT2D eigenvalue weighted by Crippen LogP contribution is 2.25. The van der Waals surface area contributed by atoms with Crippen LogP contribution in [-0.4, -0.2) is 43.6 Å². The number of methoxy groups -OCH3 is 1. The molecule has 2 N–H and O–H groups in total. The Morgan fingerprint density at radius 3 is 2.40 bits per heavy atom. The molecule has 1 unspecified atom stereocenters. The zero-order valence-corrected chi connectivity index (χ0v) is 15.2. The topological polar surface area (TPSA) is 113 Å². The second-order valence-corrected chi connectivity index (χ2v) is 7.65. The van der Waals surface area contributed by atoms with Gasteiger partial charge in [-0.25, -0.2) is 23.0 Å². The normalized spacial score (nSPS) is 12.3. The highest BCUT2D eigenvalue weighted by atomic mass is 32.2. The third-order valence-corrected chi connectivity index (χ3v) is 5.94. The van der Waals surface area contributed by atoms with Crippen LogP contribution in [0.4, 0.5) is 4.79 Å². The van der Waals surface area contributed by atoms with Crippen molar-refractivity contribution < 1.29 is 28.0 Å². The number of urea groups is 1. The molecular formula is C16H24N2O6S. The van der Waals surface area contributed by atoms with E-state index in [4.69, 9.17) is 5.21 Å². The number of hydrogen-bond donors (Lipinski definition) is 2. The highest BCUT2D eigenvalue weighted by molar-refractivity contribution is 7.89. The van der Waals surface area contributed by atoms with Gasteiger partial charge in [0.1, 0.15) is 5.25 Å². The lowest BCUT2D eigenvalue weighted by molar-refractivity contribution is -0.140. The van der Waals surface area contributed by atoms with Gasteiger partial charge in [-0.15, -0.1) is 0 Å². The number of nitrogens with zero attached hydrogens (tertiary/aromatic N) is 1. The number of sulfonamides is 1. The number of hydroxylamine groups is 1. The van der Waals surface area contributed by atoms with Crippen LogP contribution in [0.15, 0.2) is 30.3 Å². The van der Waals surface area contributed by atoms with E-state index in [0.29, 0.717) is 29.1 Å². The van der Waals surface area contributed by atoms with Gasteiger partial charge in [-0.3, -0.25) is 10.0 Å². The monoisotopic (exact) mass is 372 g/mol. The minimum atomic E-state index is -4.00. The number of amides is 2. The molecule has 9 heteroatoms. The number of rotatable bonds is 9. The first-order valence-corrected chi connectivity index (χ1v) is 9.42. The van der Waals surface area contributed by atoms with Gasteiger partial charge >= 0.3 is 12.0 Å². The van der Waals surface area contributed by atoms with Gasteiger partial charge in [0.05, 0.1) is 7.11 Å². The fourth-order valence-electron chi connectivity index (χ4n) is 2.29. The number of hydrogen-bond acceptors (Lipinski definition) is 6. The molecule has 0 aliphatic carbocycles. The number of benzene rings is 1. The van der Waals surface area contributed by atoms with E-state index in [1.165, 1.54) is 19.5 Å². The van der Waals surface area contributed by atoms with Gasteiger partial charge in [0, 0.05) is 13.0 Å². The molecule has 0 heterocycles. The van der Waals surface area contributed by atoms with Crippen LogP contribution in [0.3, 0.4) is 0 Å². The number of carbonyl (C=O) groups is 2. The average molecular weight is 372 g/mol. The Morgan fingerprint density at radius 2 is 1.84 bits per heavy atom. The van der Waals surface area contributed by atoms with Gasteiger partial charge in [0.15, 0.2) is 0 Å². The molecule has 2 amide bonds. The maximum absolute atomic E-state index is 12.7. The molecule has 1 aromatic carbocycles. The van der Waals surface area contributed by atoms with Crippen LogP contribution < -0.4 is 5.48 Å². The third kappa shape index (κ3) is 6.02. The van der Waals surface area contributed by atoms with Crippen LogP contribution in [0.25, 0.3) is 0 Å². The number of nitrogens with one attached hydrogen (secondary N) is 1. The van der Waals surface area contributed by atoms with E-state index in [1.54, 1.807) is 30.3 Å². The highest BCUT2D eigenvalue weighted by Gasteiger charge is 2.33. The van der Waals surface area contributed by atoms with Crippen molar-refractivity contribution in [1.82, 2.24) is 9.79 Å². The molecule has 25 heavy (non-hydrogen) atoms. The summed E-state index contributed by atoms with van der Waals surface area (Å²) in [6.45, 7) is 1.40. The molecule has 0 spiro atoms. The zero-order chi connectivity index (χ0) is 18.9. The first kappa shape index (κ1) is 20.9. The molecule has 0 aromatic heterocycles. The van der Waals surface area contributed by atoms with E-state index < -0.39 is 21.3 Å². The van der Waals surface area contributed by atoms with E-state index in [9.17, 15) is 18.0 Å². The fourth-order valence-corrected chi connectivity index (χ4v) is 3.83. The van der Waals surface area contributed by atoms with E-state index in [2.05, 4.69) is 4.74 Å². The predicted molar refractivity (Wildman–Crippen MR) is 91.3 cm³/mol. The van der Waals surface area contributed by atoms with Crippen molar-refractivity contribution in [1.29, 1.82) is 0 Å². The van der Waals surface area contributed by atoms with Crippen LogP contribution in [0.2, 0.25) is 0 Å². The fraction of sp³-hybridized carbons (Fsp3) is 0.500. The van der Waals surface area contributed by atoms with Crippen LogP contribution in [0.1, 0.15) is 43.4 Å². The lowest BCUT2D eigenvalue weighted by Gasteiger charge is -2.25. The zero-order valence-electron chi connectivity index (χ0n) is 14.3. The van der Waals surface area contributed by atoms with E-state index in [1.807, 2.05) is 0 Å². The molecule has 140 valence electrons. The second kappa shape index (κ2) is 10.00. The lowest BCUT2D eigenvalue weighted by Crippen LogP contribution is -2.44. The van der Waals surface area contributed by atoms with Crippen molar-refractivity contribution >= 4 is 22.0 Å². The molecule has 1 rings (SSSR count). The molecule has 0 aliphatic heterocycles. The van der Waals surface area contributed by atoms with Gasteiger partial charge in [-0.1, -0.05) is 36.8 Å². The Hall–Kier alpha value is -2.13. The molecule has 0 aliphatic rings. The standard InChI is InChI=1S/C16H24N2O6S/c1-13(14-9-5-3-6-10-14)25(22,23)18(16(20)17-21)12-8-4-7-11-15(19)24-2/h3,5-6,9-10,13,21H,4,7-8,11-12H2,1-2H3,(H,17,20). The minimum absolute atomic E-state index is 0.0902. The van der Waals surface area contributed by atoms with Gasteiger partial charge in [0.25, 0.3) is 0 Å².